The number of hydrogen-bond donors (Lipinski definition) is 2. The van der Waals surface area contributed by atoms with E-state index in [-0.39, 0.29) is 34.8 Å². The van der Waals surface area contributed by atoms with Crippen LogP contribution in [0.15, 0.2) is 53.4 Å². The highest BCUT2D eigenvalue weighted by Gasteiger charge is 2.23. The van der Waals surface area contributed by atoms with E-state index in [0.29, 0.717) is 12.1 Å². The first-order valence-corrected chi connectivity index (χ1v) is 16.0. The summed E-state index contributed by atoms with van der Waals surface area (Å²) in [4.78, 5) is 38.7. The summed E-state index contributed by atoms with van der Waals surface area (Å²) in [6.45, 7) is 13.3. The number of benzene rings is 2. The first-order chi connectivity index (χ1) is 21.0. The second-order valence-electron chi connectivity index (χ2n) is 12.1. The molecule has 0 aliphatic carbocycles. The summed E-state index contributed by atoms with van der Waals surface area (Å²) < 4.78 is 40.9. The third-order valence-corrected chi connectivity index (χ3v) is 7.85. The van der Waals surface area contributed by atoms with Gasteiger partial charge in [-0.25, -0.2) is 28.0 Å². The van der Waals surface area contributed by atoms with E-state index in [0.717, 1.165) is 21.8 Å². The molecule has 2 amide bonds. The molecule has 1 aromatic heterocycles. The van der Waals surface area contributed by atoms with Crippen LogP contribution >= 0.6 is 0 Å². The van der Waals surface area contributed by atoms with Crippen LogP contribution in [0.3, 0.4) is 0 Å². The second-order valence-corrected chi connectivity index (χ2v) is 13.8. The van der Waals surface area contributed by atoms with Crippen LogP contribution in [0.4, 0.5) is 10.7 Å². The van der Waals surface area contributed by atoms with Gasteiger partial charge in [0.25, 0.3) is 15.9 Å². The number of aryl methyl sites for hydroxylation is 2. The van der Waals surface area contributed by atoms with E-state index in [1.165, 1.54) is 38.4 Å². The summed E-state index contributed by atoms with van der Waals surface area (Å²) in [6, 6.07) is 12.5. The molecule has 45 heavy (non-hydrogen) atoms. The highest BCUT2D eigenvalue weighted by atomic mass is 32.2. The zero-order valence-corrected chi connectivity index (χ0v) is 28.1. The number of carbonyl (C=O) groups is 2. The molecule has 12 nitrogen and oxygen atoms in total. The summed E-state index contributed by atoms with van der Waals surface area (Å²) in [6.07, 6.45) is 0.0301. The predicted molar refractivity (Wildman–Crippen MR) is 171 cm³/mol. The molecule has 0 radical (unpaired) electrons. The minimum absolute atomic E-state index is 0.0456. The number of rotatable bonds is 12. The molecule has 2 N–H and O–H groups in total. The first-order valence-electron chi connectivity index (χ1n) is 14.5. The predicted octanol–water partition coefficient (Wildman–Crippen LogP) is 5.51. The van der Waals surface area contributed by atoms with Gasteiger partial charge >= 0.3 is 6.09 Å². The molecule has 0 unspecified atom stereocenters. The Balaban J connectivity index is 1.98. The number of nitrogens with zero attached hydrogens (tertiary/aromatic N) is 3. The first kappa shape index (κ1) is 35.3. The number of anilines is 1. The van der Waals surface area contributed by atoms with E-state index < -0.39 is 33.7 Å². The lowest BCUT2D eigenvalue weighted by Gasteiger charge is -2.24. The fourth-order valence-corrected chi connectivity index (χ4v) is 5.52. The minimum Gasteiger partial charge on any atom is -0.475 e. The molecule has 0 aliphatic heterocycles. The van der Waals surface area contributed by atoms with Crippen LogP contribution in [0, 0.1) is 19.8 Å². The lowest BCUT2D eigenvalue weighted by Crippen LogP contribution is -2.42. The Morgan fingerprint density at radius 2 is 1.64 bits per heavy atom. The summed E-state index contributed by atoms with van der Waals surface area (Å²) in [7, 11) is -1.48. The van der Waals surface area contributed by atoms with Crippen molar-refractivity contribution in [3.8, 4) is 17.1 Å². The molecule has 0 saturated heterocycles. The fourth-order valence-electron chi connectivity index (χ4n) is 4.53. The van der Waals surface area contributed by atoms with Gasteiger partial charge in [0.1, 0.15) is 12.2 Å². The molecule has 0 bridgehead atoms. The number of sulfonamides is 1. The Hall–Kier alpha value is -4.23. The van der Waals surface area contributed by atoms with Crippen molar-refractivity contribution < 1.29 is 32.3 Å². The van der Waals surface area contributed by atoms with Crippen molar-refractivity contribution in [3.05, 3.63) is 65.2 Å². The van der Waals surface area contributed by atoms with Crippen molar-refractivity contribution >= 4 is 28.0 Å². The Kier molecular flexibility index (Phi) is 11.5. The molecule has 0 fully saturated rings. The van der Waals surface area contributed by atoms with Gasteiger partial charge in [0.2, 0.25) is 11.8 Å². The van der Waals surface area contributed by atoms with Crippen molar-refractivity contribution in [2.45, 2.75) is 71.4 Å². The van der Waals surface area contributed by atoms with Gasteiger partial charge in [-0.15, -0.1) is 0 Å². The fraction of sp³-hybridized carbons (Fsp3) is 0.438. The molecule has 0 spiro atoms. The maximum absolute atomic E-state index is 13.5. The topological polar surface area (TPSA) is 149 Å². The molecule has 244 valence electrons. The van der Waals surface area contributed by atoms with Crippen LogP contribution < -0.4 is 14.8 Å². The van der Waals surface area contributed by atoms with E-state index in [9.17, 15) is 18.0 Å². The van der Waals surface area contributed by atoms with Crippen LogP contribution in [0.1, 0.15) is 62.5 Å². The summed E-state index contributed by atoms with van der Waals surface area (Å²) in [5, 5.41) is 3.85. The number of amides is 2. The molecule has 13 heteroatoms. The summed E-state index contributed by atoms with van der Waals surface area (Å²) in [5.41, 5.74) is 2.53. The highest BCUT2D eigenvalue weighted by Crippen LogP contribution is 2.29. The lowest BCUT2D eigenvalue weighted by atomic mass is 10.00. The van der Waals surface area contributed by atoms with E-state index in [2.05, 4.69) is 20.0 Å². The Labute approximate surface area is 265 Å². The highest BCUT2D eigenvalue weighted by molar-refractivity contribution is 7.92. The van der Waals surface area contributed by atoms with E-state index in [1.807, 2.05) is 45.9 Å². The smallest absolute Gasteiger partial charge is 0.407 e. The molecule has 2 aromatic carbocycles. The molecule has 3 rings (SSSR count). The van der Waals surface area contributed by atoms with Crippen LogP contribution in [0.2, 0.25) is 0 Å². The number of ether oxygens (including phenoxy) is 2. The van der Waals surface area contributed by atoms with Gasteiger partial charge in [-0.2, -0.15) is 4.98 Å². The van der Waals surface area contributed by atoms with Crippen molar-refractivity contribution in [1.29, 1.82) is 0 Å². The summed E-state index contributed by atoms with van der Waals surface area (Å²) in [5.74, 6) is -0.408. The summed E-state index contributed by atoms with van der Waals surface area (Å²) >= 11 is 0. The standard InChI is InChI=1S/C32H43N5O7S/c1-20(2)16-24(33-31(39)44-32(5,6)7)19-43-27-18-26(28-21(3)12-10-13-22(28)4)34-30(35-27)36-45(40,41)25-15-11-14-23(17-25)29(38)37(8)42-9/h10-15,17-18,20,24H,16,19H2,1-9H3,(H,33,39)(H,34,35,36)/t24-/m1/s1. The van der Waals surface area contributed by atoms with Gasteiger partial charge in [0.15, 0.2) is 0 Å². The van der Waals surface area contributed by atoms with Gasteiger partial charge in [-0.3, -0.25) is 9.63 Å². The second kappa shape index (κ2) is 14.7. The number of nitrogens with one attached hydrogen (secondary N) is 2. The van der Waals surface area contributed by atoms with Gasteiger partial charge in [-0.1, -0.05) is 38.1 Å². The third kappa shape index (κ3) is 10.1. The van der Waals surface area contributed by atoms with Gasteiger partial charge in [0.05, 0.1) is 23.7 Å². The molecular formula is C32H43N5O7S. The Morgan fingerprint density at radius 3 is 2.24 bits per heavy atom. The number of hydroxylamine groups is 2. The molecule has 0 saturated carbocycles. The number of aromatic nitrogens is 2. The maximum atomic E-state index is 13.5. The normalized spacial score (nSPS) is 12.4. The largest absolute Gasteiger partial charge is 0.475 e. The molecule has 3 aromatic rings. The van der Waals surface area contributed by atoms with Gasteiger partial charge < -0.3 is 14.8 Å². The average molecular weight is 642 g/mol. The lowest BCUT2D eigenvalue weighted by molar-refractivity contribution is -0.0757. The Bertz CT molecular complexity index is 1600. The zero-order valence-electron chi connectivity index (χ0n) is 27.3. The molecule has 0 aliphatic rings. The maximum Gasteiger partial charge on any atom is 0.407 e. The quantitative estimate of drug-likeness (QED) is 0.244. The number of carbonyl (C=O) groups excluding carboxylic acids is 2. The van der Waals surface area contributed by atoms with E-state index in [4.69, 9.17) is 14.3 Å². The van der Waals surface area contributed by atoms with Crippen LogP contribution in [-0.4, -0.2) is 67.9 Å². The zero-order chi connectivity index (χ0) is 33.5. The average Bonchev–Trinajstić information content (AvgIpc) is 2.93. The van der Waals surface area contributed by atoms with Crippen molar-refractivity contribution in [3.63, 3.8) is 0 Å². The molecule has 1 atom stereocenters. The SMILES string of the molecule is CON(C)C(=O)c1cccc(S(=O)(=O)Nc2nc(OC[C@@H](CC(C)C)NC(=O)OC(C)(C)C)cc(-c3c(C)cccc3C)n2)c1. The van der Waals surface area contributed by atoms with Crippen LogP contribution in [0.25, 0.3) is 11.3 Å². The van der Waals surface area contributed by atoms with Crippen molar-refractivity contribution in [2.75, 3.05) is 25.5 Å². The monoisotopic (exact) mass is 641 g/mol. The Morgan fingerprint density at radius 1 is 1.00 bits per heavy atom. The van der Waals surface area contributed by atoms with Crippen LogP contribution in [-0.2, 0) is 19.6 Å². The van der Waals surface area contributed by atoms with E-state index in [1.54, 1.807) is 26.8 Å². The van der Waals surface area contributed by atoms with Gasteiger partial charge in [-0.05, 0) is 76.3 Å². The van der Waals surface area contributed by atoms with Gasteiger partial charge in [0, 0.05) is 24.2 Å². The van der Waals surface area contributed by atoms with Crippen molar-refractivity contribution in [1.82, 2.24) is 20.3 Å². The molecule has 1 heterocycles. The minimum atomic E-state index is -4.23. The van der Waals surface area contributed by atoms with Crippen LogP contribution in [0.5, 0.6) is 5.88 Å². The number of alkyl carbamates (subject to hydrolysis) is 1. The van der Waals surface area contributed by atoms with E-state index >= 15 is 0 Å². The molecular weight excluding hydrogens is 598 g/mol. The number of hydrogen-bond acceptors (Lipinski definition) is 9. The third-order valence-electron chi connectivity index (χ3n) is 6.53. The van der Waals surface area contributed by atoms with Crippen molar-refractivity contribution in [2.24, 2.45) is 5.92 Å².